The summed E-state index contributed by atoms with van der Waals surface area (Å²) < 4.78 is 4.71. The van der Waals surface area contributed by atoms with Crippen molar-refractivity contribution in [1.29, 1.82) is 0 Å². The first-order valence-corrected chi connectivity index (χ1v) is 6.32. The van der Waals surface area contributed by atoms with Gasteiger partial charge in [0.1, 0.15) is 6.33 Å². The van der Waals surface area contributed by atoms with Crippen LogP contribution in [-0.4, -0.2) is 32.4 Å². The van der Waals surface area contributed by atoms with E-state index in [9.17, 15) is 4.79 Å². The molecule has 7 nitrogen and oxygen atoms in total. The van der Waals surface area contributed by atoms with Crippen molar-refractivity contribution in [1.82, 2.24) is 19.9 Å². The van der Waals surface area contributed by atoms with Crippen LogP contribution in [0.1, 0.15) is 17.3 Å². The van der Waals surface area contributed by atoms with Gasteiger partial charge in [0.25, 0.3) is 0 Å². The molecule has 2 N–H and O–H groups in total. The van der Waals surface area contributed by atoms with E-state index in [0.717, 1.165) is 10.9 Å². The number of para-hydroxylation sites is 1. The van der Waals surface area contributed by atoms with Gasteiger partial charge in [-0.1, -0.05) is 18.2 Å². The Morgan fingerprint density at radius 3 is 2.62 bits per heavy atom. The van der Waals surface area contributed by atoms with Crippen LogP contribution in [0.5, 0.6) is 0 Å². The number of benzene rings is 1. The number of carbonyl (C=O) groups excluding carboxylic acids is 1. The molecule has 0 radical (unpaired) electrons. The number of rotatable bonds is 2. The van der Waals surface area contributed by atoms with Crippen LogP contribution >= 0.6 is 0 Å². The lowest BCUT2D eigenvalue weighted by Gasteiger charge is -1.98. The highest BCUT2D eigenvalue weighted by atomic mass is 16.5. The van der Waals surface area contributed by atoms with Crippen molar-refractivity contribution in [2.45, 2.75) is 6.92 Å². The molecule has 2 heterocycles. The zero-order chi connectivity index (χ0) is 15.1. The van der Waals surface area contributed by atoms with E-state index in [4.69, 9.17) is 10.6 Å². The summed E-state index contributed by atoms with van der Waals surface area (Å²) in [6.45, 7) is 2.12. The fourth-order valence-electron chi connectivity index (χ4n) is 1.61. The summed E-state index contributed by atoms with van der Waals surface area (Å²) in [4.78, 5) is 19.7. The number of hydrogen-bond acceptors (Lipinski definition) is 6. The largest absolute Gasteiger partial charge is 0.462 e. The molecule has 0 atom stereocenters. The maximum absolute atomic E-state index is 10.9. The highest BCUT2D eigenvalue weighted by molar-refractivity contribution is 5.88. The van der Waals surface area contributed by atoms with Gasteiger partial charge in [-0.2, -0.15) is 9.89 Å². The van der Waals surface area contributed by atoms with E-state index in [1.807, 2.05) is 24.3 Å². The predicted octanol–water partition coefficient (Wildman–Crippen LogP) is 1.40. The standard InChI is InChI=1S/C7H7N3.C7H8N2O2/c8-10-7-4-2-1-3-6(7)5-9-10;1-2-11-7(10)6-3-8-5-9-4-6/h1-5H,8H2;3-5H,2H2,1H3. The van der Waals surface area contributed by atoms with Crippen molar-refractivity contribution in [3.8, 4) is 0 Å². The van der Waals surface area contributed by atoms with Crippen molar-refractivity contribution in [3.05, 3.63) is 54.7 Å². The quantitative estimate of drug-likeness (QED) is 0.565. The Labute approximate surface area is 121 Å². The molecule has 0 spiro atoms. The van der Waals surface area contributed by atoms with Gasteiger partial charge in [-0.05, 0) is 13.0 Å². The van der Waals surface area contributed by atoms with Crippen molar-refractivity contribution < 1.29 is 9.53 Å². The lowest BCUT2D eigenvalue weighted by Crippen LogP contribution is -2.08. The van der Waals surface area contributed by atoms with E-state index < -0.39 is 0 Å². The molecule has 108 valence electrons. The van der Waals surface area contributed by atoms with Crippen LogP contribution in [0.4, 0.5) is 0 Å². The van der Waals surface area contributed by atoms with E-state index >= 15 is 0 Å². The molecule has 7 heteroatoms. The Morgan fingerprint density at radius 2 is 1.95 bits per heavy atom. The molecule has 1 aromatic carbocycles. The van der Waals surface area contributed by atoms with Crippen LogP contribution < -0.4 is 5.84 Å². The van der Waals surface area contributed by atoms with Gasteiger partial charge in [-0.25, -0.2) is 14.8 Å². The second kappa shape index (κ2) is 6.99. The summed E-state index contributed by atoms with van der Waals surface area (Å²) >= 11 is 0. The molecule has 3 aromatic rings. The minimum Gasteiger partial charge on any atom is -0.462 e. The highest BCUT2D eigenvalue weighted by Crippen LogP contribution is 2.09. The van der Waals surface area contributed by atoms with Gasteiger partial charge in [0.05, 0.1) is 23.9 Å². The molecule has 21 heavy (non-hydrogen) atoms. The van der Waals surface area contributed by atoms with Gasteiger partial charge in [-0.15, -0.1) is 0 Å². The van der Waals surface area contributed by atoms with Crippen LogP contribution in [-0.2, 0) is 4.74 Å². The van der Waals surface area contributed by atoms with Crippen LogP contribution in [0.15, 0.2) is 49.2 Å². The molecule has 0 aliphatic rings. The first-order valence-electron chi connectivity index (χ1n) is 6.32. The second-order valence-electron chi connectivity index (χ2n) is 4.00. The maximum Gasteiger partial charge on any atom is 0.341 e. The number of ether oxygens (including phenoxy) is 1. The number of carbonyl (C=O) groups is 1. The number of nitrogens with zero attached hydrogens (tertiary/aromatic N) is 4. The summed E-state index contributed by atoms with van der Waals surface area (Å²) in [7, 11) is 0. The third-order valence-corrected chi connectivity index (χ3v) is 2.58. The van der Waals surface area contributed by atoms with Crippen molar-refractivity contribution in [3.63, 3.8) is 0 Å². The second-order valence-corrected chi connectivity index (χ2v) is 4.00. The molecule has 2 aromatic heterocycles. The topological polar surface area (TPSA) is 95.9 Å². The molecule has 0 amide bonds. The number of aromatic nitrogens is 4. The molecule has 0 saturated heterocycles. The smallest absolute Gasteiger partial charge is 0.341 e. The maximum atomic E-state index is 10.9. The van der Waals surface area contributed by atoms with Crippen molar-refractivity contribution >= 4 is 16.9 Å². The minimum atomic E-state index is -0.381. The summed E-state index contributed by atoms with van der Waals surface area (Å²) in [5.41, 5.74) is 1.34. The summed E-state index contributed by atoms with van der Waals surface area (Å²) in [6.07, 6.45) is 5.95. The molecular formula is C14H15N5O2. The first kappa shape index (κ1) is 14.4. The van der Waals surface area contributed by atoms with Gasteiger partial charge < -0.3 is 10.6 Å². The average molecular weight is 285 g/mol. The minimum absolute atomic E-state index is 0.369. The van der Waals surface area contributed by atoms with E-state index in [1.165, 1.54) is 23.5 Å². The fraction of sp³-hybridized carbons (Fsp3) is 0.143. The molecule has 0 bridgehead atoms. The molecule has 0 fully saturated rings. The van der Waals surface area contributed by atoms with Gasteiger partial charge in [-0.3, -0.25) is 0 Å². The third kappa shape index (κ3) is 3.75. The molecule has 0 unspecified atom stereocenters. The van der Waals surface area contributed by atoms with E-state index in [1.54, 1.807) is 13.1 Å². The van der Waals surface area contributed by atoms with Crippen molar-refractivity contribution in [2.24, 2.45) is 0 Å². The Balaban J connectivity index is 0.000000154. The van der Waals surface area contributed by atoms with Gasteiger partial charge in [0.15, 0.2) is 0 Å². The van der Waals surface area contributed by atoms with Crippen LogP contribution in [0.3, 0.4) is 0 Å². The van der Waals surface area contributed by atoms with Crippen LogP contribution in [0, 0.1) is 0 Å². The zero-order valence-electron chi connectivity index (χ0n) is 11.5. The van der Waals surface area contributed by atoms with Gasteiger partial charge in [0, 0.05) is 17.8 Å². The van der Waals surface area contributed by atoms with E-state index in [2.05, 4.69) is 15.1 Å². The van der Waals surface area contributed by atoms with Crippen LogP contribution in [0.25, 0.3) is 10.9 Å². The Kier molecular flexibility index (Phi) is 4.81. The number of nitrogen functional groups attached to an aromatic ring is 1. The molecule has 0 aliphatic heterocycles. The predicted molar refractivity (Wildman–Crippen MR) is 77.9 cm³/mol. The summed E-state index contributed by atoms with van der Waals surface area (Å²) in [5, 5.41) is 4.96. The Hall–Kier alpha value is -2.96. The van der Waals surface area contributed by atoms with E-state index in [0.29, 0.717) is 12.2 Å². The van der Waals surface area contributed by atoms with Gasteiger partial charge >= 0.3 is 5.97 Å². The molecule has 0 saturated carbocycles. The third-order valence-electron chi connectivity index (χ3n) is 2.58. The average Bonchev–Trinajstić information content (AvgIpc) is 2.91. The Morgan fingerprint density at radius 1 is 1.24 bits per heavy atom. The normalized spacial score (nSPS) is 9.76. The van der Waals surface area contributed by atoms with Crippen molar-refractivity contribution in [2.75, 3.05) is 12.4 Å². The highest BCUT2D eigenvalue weighted by Gasteiger charge is 2.04. The number of fused-ring (bicyclic) bond motifs is 1. The van der Waals surface area contributed by atoms with Gasteiger partial charge in [0.2, 0.25) is 0 Å². The van der Waals surface area contributed by atoms with Crippen LogP contribution in [0.2, 0.25) is 0 Å². The molecular weight excluding hydrogens is 270 g/mol. The SMILES string of the molecule is CCOC(=O)c1cncnc1.Nn1ncc2ccccc21. The number of hydrogen-bond donors (Lipinski definition) is 1. The fourth-order valence-corrected chi connectivity index (χ4v) is 1.61. The summed E-state index contributed by atoms with van der Waals surface area (Å²) in [5.74, 6) is 5.10. The Bertz CT molecular complexity index is 711. The first-order chi connectivity index (χ1) is 10.2. The summed E-state index contributed by atoms with van der Waals surface area (Å²) in [6, 6.07) is 7.81. The molecule has 3 rings (SSSR count). The zero-order valence-corrected chi connectivity index (χ0v) is 11.5. The molecule has 0 aliphatic carbocycles. The number of esters is 1. The number of nitrogens with two attached hydrogens (primary N) is 1. The lowest BCUT2D eigenvalue weighted by molar-refractivity contribution is 0.0525. The van der Waals surface area contributed by atoms with E-state index in [-0.39, 0.29) is 5.97 Å². The monoisotopic (exact) mass is 285 g/mol. The lowest BCUT2D eigenvalue weighted by atomic mass is 10.3.